The van der Waals surface area contributed by atoms with Crippen LogP contribution in [0.1, 0.15) is 17.1 Å². The fourth-order valence-electron chi connectivity index (χ4n) is 1.77. The first-order chi connectivity index (χ1) is 9.74. The van der Waals surface area contributed by atoms with E-state index in [1.54, 1.807) is 6.20 Å². The molecule has 0 unspecified atom stereocenters. The maximum atomic E-state index is 5.81. The average Bonchev–Trinajstić information content (AvgIpc) is 2.46. The van der Waals surface area contributed by atoms with Crippen LogP contribution in [-0.2, 0) is 13.0 Å². The van der Waals surface area contributed by atoms with Gasteiger partial charge in [0.2, 0.25) is 0 Å². The zero-order valence-electron chi connectivity index (χ0n) is 12.0. The van der Waals surface area contributed by atoms with Crippen LogP contribution in [0.15, 0.2) is 47.6 Å². The Labute approximate surface area is 142 Å². The lowest BCUT2D eigenvalue weighted by atomic mass is 10.3. The van der Waals surface area contributed by atoms with E-state index in [2.05, 4.69) is 20.3 Å². The van der Waals surface area contributed by atoms with E-state index in [4.69, 9.17) is 5.73 Å². The van der Waals surface area contributed by atoms with Crippen molar-refractivity contribution in [2.24, 2.45) is 10.7 Å². The lowest BCUT2D eigenvalue weighted by Gasteiger charge is -2.05. The molecular weight excluding hydrogens is 377 g/mol. The van der Waals surface area contributed by atoms with Crippen molar-refractivity contribution < 1.29 is 0 Å². The van der Waals surface area contributed by atoms with Gasteiger partial charge in [0.05, 0.1) is 12.2 Å². The van der Waals surface area contributed by atoms with Crippen LogP contribution in [-0.4, -0.2) is 22.5 Å². The van der Waals surface area contributed by atoms with Gasteiger partial charge in [0.25, 0.3) is 0 Å². The van der Waals surface area contributed by atoms with E-state index in [9.17, 15) is 0 Å². The molecule has 0 aliphatic heterocycles. The highest BCUT2D eigenvalue weighted by atomic mass is 127. The van der Waals surface area contributed by atoms with Crippen molar-refractivity contribution in [2.75, 3.05) is 6.54 Å². The van der Waals surface area contributed by atoms with Crippen LogP contribution >= 0.6 is 24.0 Å². The van der Waals surface area contributed by atoms with Crippen LogP contribution in [0.5, 0.6) is 0 Å². The number of aliphatic imine (C=N–C) groups is 1. The first-order valence-corrected chi connectivity index (χ1v) is 6.60. The van der Waals surface area contributed by atoms with E-state index in [1.807, 2.05) is 43.3 Å². The summed E-state index contributed by atoms with van der Waals surface area (Å²) in [6.45, 7) is 3.17. The van der Waals surface area contributed by atoms with Gasteiger partial charge >= 0.3 is 0 Å². The minimum absolute atomic E-state index is 0. The summed E-state index contributed by atoms with van der Waals surface area (Å²) in [6, 6.07) is 11.7. The van der Waals surface area contributed by atoms with Gasteiger partial charge in [-0.3, -0.25) is 9.97 Å². The van der Waals surface area contributed by atoms with E-state index in [1.165, 1.54) is 0 Å². The summed E-state index contributed by atoms with van der Waals surface area (Å²) in [6.07, 6.45) is 2.61. The molecular formula is C15H20IN5. The Morgan fingerprint density at radius 2 is 2.00 bits per heavy atom. The Bertz CT molecular complexity index is 571. The molecule has 112 valence electrons. The molecule has 0 aliphatic carbocycles. The molecule has 2 aromatic heterocycles. The van der Waals surface area contributed by atoms with Gasteiger partial charge in [-0.2, -0.15) is 0 Å². The van der Waals surface area contributed by atoms with Gasteiger partial charge in [-0.05, 0) is 31.2 Å². The molecule has 0 spiro atoms. The fraction of sp³-hybridized carbons (Fsp3) is 0.267. The summed E-state index contributed by atoms with van der Waals surface area (Å²) in [5.41, 5.74) is 8.75. The van der Waals surface area contributed by atoms with Crippen molar-refractivity contribution in [1.82, 2.24) is 15.3 Å². The molecule has 21 heavy (non-hydrogen) atoms. The monoisotopic (exact) mass is 397 g/mol. The molecule has 5 nitrogen and oxygen atoms in total. The second kappa shape index (κ2) is 9.28. The Kier molecular flexibility index (Phi) is 7.66. The highest BCUT2D eigenvalue weighted by Gasteiger charge is 1.96. The molecule has 2 aromatic rings. The minimum atomic E-state index is 0. The maximum Gasteiger partial charge on any atom is 0.188 e. The Morgan fingerprint density at radius 3 is 2.71 bits per heavy atom. The van der Waals surface area contributed by atoms with Crippen molar-refractivity contribution >= 4 is 29.9 Å². The molecule has 2 heterocycles. The summed E-state index contributed by atoms with van der Waals surface area (Å²) >= 11 is 0. The Balaban J connectivity index is 0.00000220. The van der Waals surface area contributed by atoms with E-state index >= 15 is 0 Å². The van der Waals surface area contributed by atoms with E-state index < -0.39 is 0 Å². The highest BCUT2D eigenvalue weighted by molar-refractivity contribution is 14.0. The minimum Gasteiger partial charge on any atom is -0.370 e. The van der Waals surface area contributed by atoms with Crippen LogP contribution in [0.25, 0.3) is 0 Å². The van der Waals surface area contributed by atoms with Crippen LogP contribution in [0, 0.1) is 6.92 Å². The number of nitrogens with zero attached hydrogens (tertiary/aromatic N) is 3. The largest absolute Gasteiger partial charge is 0.370 e. The van der Waals surface area contributed by atoms with Crippen molar-refractivity contribution in [3.63, 3.8) is 0 Å². The number of guanidine groups is 1. The summed E-state index contributed by atoms with van der Waals surface area (Å²) in [4.78, 5) is 12.9. The molecule has 0 atom stereocenters. The van der Waals surface area contributed by atoms with E-state index in [-0.39, 0.29) is 24.0 Å². The molecule has 6 heteroatoms. The normalized spacial score (nSPS) is 10.8. The number of aromatic nitrogens is 2. The second-order valence-electron chi connectivity index (χ2n) is 4.47. The van der Waals surface area contributed by atoms with Gasteiger partial charge in [-0.15, -0.1) is 24.0 Å². The van der Waals surface area contributed by atoms with Gasteiger partial charge in [0.1, 0.15) is 0 Å². The SMILES string of the molecule is Cc1cccc(CN=C(N)NCCc2ccccn2)n1.I. The number of nitrogens with one attached hydrogen (secondary N) is 1. The molecule has 0 fully saturated rings. The third-order valence-electron chi connectivity index (χ3n) is 2.77. The Hall–Kier alpha value is -1.70. The Morgan fingerprint density at radius 1 is 1.19 bits per heavy atom. The number of rotatable bonds is 5. The molecule has 0 amide bonds. The topological polar surface area (TPSA) is 76.2 Å². The number of nitrogens with two attached hydrogens (primary N) is 1. The first kappa shape index (κ1) is 17.4. The highest BCUT2D eigenvalue weighted by Crippen LogP contribution is 1.99. The van der Waals surface area contributed by atoms with Crippen LogP contribution in [0.2, 0.25) is 0 Å². The second-order valence-corrected chi connectivity index (χ2v) is 4.47. The van der Waals surface area contributed by atoms with Crippen molar-refractivity contribution in [3.8, 4) is 0 Å². The third kappa shape index (κ3) is 6.52. The van der Waals surface area contributed by atoms with E-state index in [0.29, 0.717) is 19.0 Å². The molecule has 0 radical (unpaired) electrons. The summed E-state index contributed by atoms with van der Waals surface area (Å²) in [7, 11) is 0. The van der Waals surface area contributed by atoms with E-state index in [0.717, 1.165) is 23.5 Å². The van der Waals surface area contributed by atoms with Crippen molar-refractivity contribution in [3.05, 3.63) is 59.7 Å². The summed E-state index contributed by atoms with van der Waals surface area (Å²) < 4.78 is 0. The number of pyridine rings is 2. The fourth-order valence-corrected chi connectivity index (χ4v) is 1.77. The predicted octanol–water partition coefficient (Wildman–Crippen LogP) is 2.05. The lowest BCUT2D eigenvalue weighted by molar-refractivity contribution is 0.824. The summed E-state index contributed by atoms with van der Waals surface area (Å²) in [5, 5.41) is 3.08. The predicted molar refractivity (Wildman–Crippen MR) is 95.7 cm³/mol. The molecule has 0 bridgehead atoms. The maximum absolute atomic E-state index is 5.81. The number of hydrogen-bond donors (Lipinski definition) is 2. The molecule has 3 N–H and O–H groups in total. The van der Waals surface area contributed by atoms with Gasteiger partial charge in [-0.25, -0.2) is 4.99 Å². The molecule has 0 aliphatic rings. The first-order valence-electron chi connectivity index (χ1n) is 6.60. The average molecular weight is 397 g/mol. The zero-order chi connectivity index (χ0) is 14.2. The van der Waals surface area contributed by atoms with Crippen LogP contribution in [0.4, 0.5) is 0 Å². The molecule has 0 aromatic carbocycles. The van der Waals surface area contributed by atoms with Gasteiger partial charge in [-0.1, -0.05) is 12.1 Å². The van der Waals surface area contributed by atoms with Crippen LogP contribution < -0.4 is 11.1 Å². The molecule has 0 saturated carbocycles. The molecule has 0 saturated heterocycles. The lowest BCUT2D eigenvalue weighted by Crippen LogP contribution is -2.33. The number of hydrogen-bond acceptors (Lipinski definition) is 3. The number of aryl methyl sites for hydroxylation is 1. The zero-order valence-corrected chi connectivity index (χ0v) is 14.3. The smallest absolute Gasteiger partial charge is 0.188 e. The number of halogens is 1. The summed E-state index contributed by atoms with van der Waals surface area (Å²) in [5.74, 6) is 0.434. The van der Waals surface area contributed by atoms with Gasteiger partial charge in [0.15, 0.2) is 5.96 Å². The third-order valence-corrected chi connectivity index (χ3v) is 2.77. The van der Waals surface area contributed by atoms with Crippen molar-refractivity contribution in [1.29, 1.82) is 0 Å². The molecule has 2 rings (SSSR count). The standard InChI is InChI=1S/C15H19N5.HI/c1-12-5-4-7-14(20-12)11-19-15(16)18-10-8-13-6-2-3-9-17-13;/h2-7,9H,8,10-11H2,1H3,(H3,16,18,19);1H. The van der Waals surface area contributed by atoms with Gasteiger partial charge < -0.3 is 11.1 Å². The quantitative estimate of drug-likeness (QED) is 0.460. The van der Waals surface area contributed by atoms with Crippen molar-refractivity contribution in [2.45, 2.75) is 19.9 Å². The van der Waals surface area contributed by atoms with Gasteiger partial charge in [0, 0.05) is 30.6 Å². The van der Waals surface area contributed by atoms with Crippen LogP contribution in [0.3, 0.4) is 0 Å².